The lowest BCUT2D eigenvalue weighted by atomic mass is 10.0. The fourth-order valence-electron chi connectivity index (χ4n) is 2.92. The molecule has 4 rings (SSSR count). The molecule has 1 atom stereocenters. The summed E-state index contributed by atoms with van der Waals surface area (Å²) in [6.45, 7) is 0. The molecule has 0 aliphatic carbocycles. The molecule has 27 heavy (non-hydrogen) atoms. The van der Waals surface area contributed by atoms with Crippen LogP contribution in [-0.4, -0.2) is 28.1 Å². The second kappa shape index (κ2) is 7.72. The zero-order valence-corrected chi connectivity index (χ0v) is 16.9. The maximum Gasteiger partial charge on any atom is 0.234 e. The lowest BCUT2D eigenvalue weighted by Gasteiger charge is -2.29. The van der Waals surface area contributed by atoms with Gasteiger partial charge in [-0.1, -0.05) is 64.8 Å². The molecule has 1 amide bonds. The molecule has 5 nitrogen and oxygen atoms in total. The molecule has 1 N–H and O–H groups in total. The molecular formula is C18H13Cl3N4OS. The third-order valence-electron chi connectivity index (χ3n) is 4.15. The Hall–Kier alpha value is -1.73. The molecule has 2 aliphatic heterocycles. The molecule has 0 saturated heterocycles. The van der Waals surface area contributed by atoms with Gasteiger partial charge in [-0.2, -0.15) is 5.10 Å². The van der Waals surface area contributed by atoms with Gasteiger partial charge in [-0.25, -0.2) is 10.0 Å². The van der Waals surface area contributed by atoms with Crippen LogP contribution in [0.15, 0.2) is 46.5 Å². The Morgan fingerprint density at radius 2 is 1.96 bits per heavy atom. The second-order valence-electron chi connectivity index (χ2n) is 5.93. The molecule has 2 heterocycles. The number of rotatable bonds is 3. The monoisotopic (exact) mass is 438 g/mol. The van der Waals surface area contributed by atoms with Crippen molar-refractivity contribution in [1.82, 2.24) is 5.01 Å². The fourth-order valence-corrected chi connectivity index (χ4v) is 4.31. The van der Waals surface area contributed by atoms with Crippen molar-refractivity contribution in [2.75, 3.05) is 11.1 Å². The molecule has 0 fully saturated rings. The predicted molar refractivity (Wildman–Crippen MR) is 114 cm³/mol. The first-order chi connectivity index (χ1) is 13.0. The Kier molecular flexibility index (Phi) is 5.32. The highest BCUT2D eigenvalue weighted by Crippen LogP contribution is 2.41. The van der Waals surface area contributed by atoms with Crippen LogP contribution in [0, 0.1) is 0 Å². The van der Waals surface area contributed by atoms with Crippen molar-refractivity contribution in [2.24, 2.45) is 10.1 Å². The summed E-state index contributed by atoms with van der Waals surface area (Å²) in [5, 5.41) is 10.7. The number of fused-ring (bicyclic) bond motifs is 3. The first kappa shape index (κ1) is 18.6. The number of thioether (sulfide) groups is 1. The van der Waals surface area contributed by atoms with Crippen LogP contribution >= 0.6 is 46.6 Å². The number of hydrogen-bond acceptors (Lipinski definition) is 5. The Morgan fingerprint density at radius 1 is 1.19 bits per heavy atom. The molecule has 0 spiro atoms. The number of hydrazone groups is 1. The van der Waals surface area contributed by atoms with E-state index in [1.165, 1.54) is 23.9 Å². The molecule has 0 aromatic heterocycles. The number of halogens is 3. The number of aliphatic imine (C=N–C) groups is 1. The van der Waals surface area contributed by atoms with Crippen molar-refractivity contribution in [3.05, 3.63) is 57.0 Å². The molecular weight excluding hydrogens is 427 g/mol. The van der Waals surface area contributed by atoms with Gasteiger partial charge in [-0.05, 0) is 18.2 Å². The second-order valence-corrected chi connectivity index (χ2v) is 8.09. The van der Waals surface area contributed by atoms with Crippen molar-refractivity contribution in [2.45, 2.75) is 12.5 Å². The van der Waals surface area contributed by atoms with Crippen molar-refractivity contribution in [3.63, 3.8) is 0 Å². The standard InChI is InChI=1S/C18H13Cl3N4OS/c19-11-7-13(21)15(8-12(11)20)23-17(26)9-27-18-24-14-4-2-1-3-10(14)16-5-6-22-25(16)18/h1-4,6-8,16H,5,9H2,(H,23,26). The summed E-state index contributed by atoms with van der Waals surface area (Å²) in [6.07, 6.45) is 2.69. The topological polar surface area (TPSA) is 57.1 Å². The number of amides is 1. The summed E-state index contributed by atoms with van der Waals surface area (Å²) >= 11 is 19.3. The van der Waals surface area contributed by atoms with E-state index < -0.39 is 0 Å². The van der Waals surface area contributed by atoms with E-state index in [4.69, 9.17) is 34.8 Å². The highest BCUT2D eigenvalue weighted by molar-refractivity contribution is 8.14. The summed E-state index contributed by atoms with van der Waals surface area (Å²) < 4.78 is 0. The number of hydrogen-bond donors (Lipinski definition) is 1. The van der Waals surface area contributed by atoms with Gasteiger partial charge >= 0.3 is 0 Å². The summed E-state index contributed by atoms with van der Waals surface area (Å²) in [5.41, 5.74) is 2.48. The Morgan fingerprint density at radius 3 is 2.81 bits per heavy atom. The molecule has 0 bridgehead atoms. The van der Waals surface area contributed by atoms with Crippen LogP contribution in [0.4, 0.5) is 11.4 Å². The minimum absolute atomic E-state index is 0.133. The number of carbonyl (C=O) groups excluding carboxylic acids is 1. The average Bonchev–Trinajstić information content (AvgIpc) is 3.14. The molecule has 2 aromatic rings. The smallest absolute Gasteiger partial charge is 0.234 e. The van der Waals surface area contributed by atoms with Crippen LogP contribution in [0.1, 0.15) is 18.0 Å². The van der Waals surface area contributed by atoms with Gasteiger partial charge in [0.05, 0.1) is 38.2 Å². The number of amidine groups is 1. The molecule has 0 radical (unpaired) electrons. The number of nitrogens with one attached hydrogen (secondary N) is 1. The summed E-state index contributed by atoms with van der Waals surface area (Å²) in [4.78, 5) is 17.0. The maximum atomic E-state index is 12.4. The van der Waals surface area contributed by atoms with Crippen LogP contribution in [-0.2, 0) is 4.79 Å². The largest absolute Gasteiger partial charge is 0.324 e. The van der Waals surface area contributed by atoms with Crippen LogP contribution in [0.25, 0.3) is 0 Å². The quantitative estimate of drug-likeness (QED) is 0.619. The Labute approximate surface area is 175 Å². The van der Waals surface area contributed by atoms with Crippen molar-refractivity contribution in [1.29, 1.82) is 0 Å². The van der Waals surface area contributed by atoms with Gasteiger partial charge in [0.25, 0.3) is 0 Å². The van der Waals surface area contributed by atoms with Gasteiger partial charge < -0.3 is 5.32 Å². The average molecular weight is 440 g/mol. The number of nitrogens with zero attached hydrogens (tertiary/aromatic N) is 3. The number of carbonyl (C=O) groups is 1. The van der Waals surface area contributed by atoms with Crippen molar-refractivity contribution in [3.8, 4) is 0 Å². The zero-order chi connectivity index (χ0) is 19.0. The number of anilines is 1. The van der Waals surface area contributed by atoms with E-state index in [1.807, 2.05) is 29.4 Å². The number of benzene rings is 2. The molecule has 9 heteroatoms. The summed E-state index contributed by atoms with van der Waals surface area (Å²) in [7, 11) is 0. The van der Waals surface area contributed by atoms with Crippen LogP contribution in [0.5, 0.6) is 0 Å². The Bertz CT molecular complexity index is 979. The first-order valence-electron chi connectivity index (χ1n) is 8.09. The normalized spacial score (nSPS) is 17.4. The van der Waals surface area contributed by atoms with Crippen LogP contribution in [0.3, 0.4) is 0 Å². The summed E-state index contributed by atoms with van der Waals surface area (Å²) in [6, 6.07) is 11.2. The SMILES string of the molecule is O=C(CSC1=Nc2ccccc2C2CC=NN12)Nc1cc(Cl)c(Cl)cc1Cl. The van der Waals surface area contributed by atoms with Gasteiger partial charge in [0.2, 0.25) is 5.91 Å². The van der Waals surface area contributed by atoms with Gasteiger partial charge in [0, 0.05) is 18.2 Å². The van der Waals surface area contributed by atoms with Gasteiger partial charge in [-0.15, -0.1) is 0 Å². The highest BCUT2D eigenvalue weighted by Gasteiger charge is 2.32. The van der Waals surface area contributed by atoms with Gasteiger partial charge in [0.1, 0.15) is 0 Å². The third-order valence-corrected chi connectivity index (χ3v) is 6.13. The van der Waals surface area contributed by atoms with Gasteiger partial charge in [-0.3, -0.25) is 4.79 Å². The van der Waals surface area contributed by atoms with E-state index >= 15 is 0 Å². The molecule has 138 valence electrons. The van der Waals surface area contributed by atoms with E-state index in [0.717, 1.165) is 17.7 Å². The van der Waals surface area contributed by atoms with Crippen LogP contribution < -0.4 is 5.32 Å². The Balaban J connectivity index is 1.47. The molecule has 2 aliphatic rings. The zero-order valence-electron chi connectivity index (χ0n) is 13.8. The first-order valence-corrected chi connectivity index (χ1v) is 10.2. The maximum absolute atomic E-state index is 12.4. The molecule has 2 aromatic carbocycles. The van der Waals surface area contributed by atoms with E-state index in [1.54, 1.807) is 0 Å². The highest BCUT2D eigenvalue weighted by atomic mass is 35.5. The van der Waals surface area contributed by atoms with E-state index in [0.29, 0.717) is 25.9 Å². The van der Waals surface area contributed by atoms with Crippen LogP contribution in [0.2, 0.25) is 15.1 Å². The van der Waals surface area contributed by atoms with E-state index in [2.05, 4.69) is 21.5 Å². The third kappa shape index (κ3) is 3.80. The van der Waals surface area contributed by atoms with E-state index in [-0.39, 0.29) is 17.7 Å². The molecule has 0 saturated carbocycles. The minimum Gasteiger partial charge on any atom is -0.324 e. The predicted octanol–water partition coefficient (Wildman–Crippen LogP) is 5.75. The van der Waals surface area contributed by atoms with Gasteiger partial charge in [0.15, 0.2) is 5.17 Å². The van der Waals surface area contributed by atoms with Crippen molar-refractivity contribution >= 4 is 75.2 Å². The lowest BCUT2D eigenvalue weighted by Crippen LogP contribution is -2.29. The minimum atomic E-state index is -0.221. The molecule has 1 unspecified atom stereocenters. The summed E-state index contributed by atoms with van der Waals surface area (Å²) in [5.74, 6) is -0.0578. The van der Waals surface area contributed by atoms with E-state index in [9.17, 15) is 4.79 Å². The van der Waals surface area contributed by atoms with Crippen molar-refractivity contribution < 1.29 is 4.79 Å². The number of para-hydroxylation sites is 1. The lowest BCUT2D eigenvalue weighted by molar-refractivity contribution is -0.113. The fraction of sp³-hybridized carbons (Fsp3) is 0.167.